The van der Waals surface area contributed by atoms with Crippen molar-refractivity contribution in [3.05, 3.63) is 125 Å². The van der Waals surface area contributed by atoms with Crippen molar-refractivity contribution in [2.24, 2.45) is 23.7 Å². The van der Waals surface area contributed by atoms with Crippen LogP contribution in [0.1, 0.15) is 98.1 Å². The molecule has 2 N–H and O–H groups in total. The maximum absolute atomic E-state index is 12.3. The Morgan fingerprint density at radius 3 is 1.72 bits per heavy atom. The number of allylic oxidation sites excluding steroid dienone is 1. The van der Waals surface area contributed by atoms with Crippen LogP contribution >= 0.6 is 0 Å². The lowest BCUT2D eigenvalue weighted by Crippen LogP contribution is -2.48. The van der Waals surface area contributed by atoms with E-state index in [-0.39, 0.29) is 5.41 Å². The highest BCUT2D eigenvalue weighted by molar-refractivity contribution is 5.89. The van der Waals surface area contributed by atoms with Gasteiger partial charge in [0.25, 0.3) is 0 Å². The number of aromatic nitrogens is 1. The van der Waals surface area contributed by atoms with Crippen LogP contribution in [0.3, 0.4) is 0 Å². The van der Waals surface area contributed by atoms with Crippen molar-refractivity contribution >= 4 is 0 Å². The number of benzene rings is 4. The summed E-state index contributed by atoms with van der Waals surface area (Å²) >= 11 is 0. The largest absolute Gasteiger partial charge is 0.507 e. The number of rotatable bonds is 11. The first-order valence-electron chi connectivity index (χ1n) is 20.5. The maximum atomic E-state index is 12.3. The Kier molecular flexibility index (Phi) is 9.79. The van der Waals surface area contributed by atoms with Crippen molar-refractivity contribution in [2.75, 3.05) is 0 Å². The first kappa shape index (κ1) is 36.4. The summed E-state index contributed by atoms with van der Waals surface area (Å²) in [6, 6.07) is 28.0. The van der Waals surface area contributed by atoms with E-state index in [0.29, 0.717) is 17.4 Å². The average molecular weight is 716 g/mol. The normalized spacial score (nSPS) is 22.1. The van der Waals surface area contributed by atoms with Gasteiger partial charge in [-0.25, -0.2) is 4.98 Å². The molecule has 4 fully saturated rings. The van der Waals surface area contributed by atoms with Gasteiger partial charge in [0.05, 0.1) is 11.4 Å². The monoisotopic (exact) mass is 715 g/mol. The lowest BCUT2D eigenvalue weighted by atomic mass is 9.48. The number of nitrogens with zero attached hydrogens (tertiary/aromatic N) is 1. The van der Waals surface area contributed by atoms with Crippen LogP contribution in [-0.2, 0) is 11.8 Å². The SMILES string of the molecule is C=CCC(CC)CCc1cc(C)cc(-c2ccc(C)cc2-c2cccc(-c3cc(C)ccc3-c3cc(C)cc(C45CC6CC(CC(C6)C4)C5)c3O)n2)c1O. The fraction of sp³-hybridized carbons (Fsp3) is 0.392. The maximum Gasteiger partial charge on any atom is 0.127 e. The zero-order valence-corrected chi connectivity index (χ0v) is 33.0. The molecule has 0 amide bonds. The summed E-state index contributed by atoms with van der Waals surface area (Å²) < 4.78 is 0. The van der Waals surface area contributed by atoms with Crippen molar-refractivity contribution in [1.29, 1.82) is 0 Å². The summed E-state index contributed by atoms with van der Waals surface area (Å²) in [6.45, 7) is 14.7. The molecule has 3 nitrogen and oxygen atoms in total. The number of pyridine rings is 1. The summed E-state index contributed by atoms with van der Waals surface area (Å²) in [5, 5.41) is 24.1. The van der Waals surface area contributed by atoms with E-state index in [1.54, 1.807) is 0 Å². The first-order valence-corrected chi connectivity index (χ1v) is 20.5. The third kappa shape index (κ3) is 6.80. The van der Waals surface area contributed by atoms with Crippen LogP contribution in [0.5, 0.6) is 11.5 Å². The van der Waals surface area contributed by atoms with Gasteiger partial charge in [0.1, 0.15) is 11.5 Å². The molecular formula is C51H57NO2. The number of aromatic hydroxyl groups is 2. The highest BCUT2D eigenvalue weighted by atomic mass is 16.3. The van der Waals surface area contributed by atoms with Gasteiger partial charge in [-0.1, -0.05) is 73.0 Å². The van der Waals surface area contributed by atoms with Gasteiger partial charge in [-0.15, -0.1) is 6.58 Å². The molecule has 4 aliphatic carbocycles. The molecular weight excluding hydrogens is 659 g/mol. The minimum Gasteiger partial charge on any atom is -0.507 e. The quantitative estimate of drug-likeness (QED) is 0.134. The summed E-state index contributed by atoms with van der Waals surface area (Å²) in [5.41, 5.74) is 14.4. The van der Waals surface area contributed by atoms with Gasteiger partial charge < -0.3 is 10.2 Å². The van der Waals surface area contributed by atoms with E-state index in [9.17, 15) is 10.2 Å². The Morgan fingerprint density at radius 1 is 0.667 bits per heavy atom. The van der Waals surface area contributed by atoms with Crippen molar-refractivity contribution < 1.29 is 10.2 Å². The Bertz CT molecular complexity index is 2190. The Hall–Kier alpha value is -4.63. The smallest absolute Gasteiger partial charge is 0.127 e. The van der Waals surface area contributed by atoms with E-state index in [1.165, 1.54) is 49.7 Å². The second-order valence-electron chi connectivity index (χ2n) is 17.6. The number of phenolic OH excluding ortho intramolecular Hbond substituents is 2. The molecule has 4 aromatic carbocycles. The molecule has 278 valence electrons. The first-order chi connectivity index (χ1) is 26.0. The number of hydrogen-bond acceptors (Lipinski definition) is 3. The fourth-order valence-corrected chi connectivity index (χ4v) is 11.1. The average Bonchev–Trinajstić information content (AvgIpc) is 3.15. The minimum absolute atomic E-state index is 0.0920. The van der Waals surface area contributed by atoms with Gasteiger partial charge in [-0.3, -0.25) is 0 Å². The molecule has 3 heteroatoms. The van der Waals surface area contributed by atoms with Crippen LogP contribution < -0.4 is 0 Å². The van der Waals surface area contributed by atoms with Crippen molar-refractivity contribution in [1.82, 2.24) is 4.98 Å². The van der Waals surface area contributed by atoms with E-state index in [4.69, 9.17) is 4.98 Å². The van der Waals surface area contributed by atoms with E-state index >= 15 is 0 Å². The molecule has 0 spiro atoms. The van der Waals surface area contributed by atoms with Gasteiger partial charge >= 0.3 is 0 Å². The Balaban J connectivity index is 1.20. The van der Waals surface area contributed by atoms with E-state index in [2.05, 4.69) is 120 Å². The lowest BCUT2D eigenvalue weighted by Gasteiger charge is -2.57. The Labute approximate surface area is 323 Å². The predicted octanol–water partition coefficient (Wildman–Crippen LogP) is 13.4. The zero-order valence-electron chi connectivity index (χ0n) is 33.0. The van der Waals surface area contributed by atoms with Gasteiger partial charge in [0.2, 0.25) is 0 Å². The summed E-state index contributed by atoms with van der Waals surface area (Å²) in [7, 11) is 0. The molecule has 5 aromatic rings. The minimum atomic E-state index is 0.0920. The van der Waals surface area contributed by atoms with Crippen LogP contribution in [0.25, 0.3) is 44.8 Å². The molecule has 4 bridgehead atoms. The van der Waals surface area contributed by atoms with Crippen molar-refractivity contribution in [3.63, 3.8) is 0 Å². The summed E-state index contributed by atoms with van der Waals surface area (Å²) in [6.07, 6.45) is 13.7. The highest BCUT2D eigenvalue weighted by Crippen LogP contribution is 2.62. The number of hydrogen-bond donors (Lipinski definition) is 2. The molecule has 0 aliphatic heterocycles. The van der Waals surface area contributed by atoms with Gasteiger partial charge in [-0.05, 0) is 179 Å². The second-order valence-corrected chi connectivity index (χ2v) is 17.6. The molecule has 1 heterocycles. The standard InChI is InChI=1S/C51H57NO2/c1-7-10-35(8-2)15-16-39-19-33(5)22-44(49(39)53)40-17-13-31(3)20-42(40)47-11-9-12-48(52-47)43-21-32(4)14-18-41(43)45-23-34(6)24-46(50(45)54)51-28-36-25-37(29-51)27-38(26-36)30-51/h7,9,11-14,17-24,35-38,53-54H,1,8,10,15-16,25-30H2,2-6H3. The van der Waals surface area contributed by atoms with Crippen molar-refractivity contribution in [2.45, 2.75) is 104 Å². The molecule has 4 aliphatic rings. The molecule has 1 aromatic heterocycles. The van der Waals surface area contributed by atoms with Crippen LogP contribution in [0.2, 0.25) is 0 Å². The molecule has 1 unspecified atom stereocenters. The van der Waals surface area contributed by atoms with E-state index in [1.807, 2.05) is 6.08 Å². The van der Waals surface area contributed by atoms with Gasteiger partial charge in [0, 0.05) is 27.8 Å². The van der Waals surface area contributed by atoms with E-state index in [0.717, 1.165) is 110 Å². The molecule has 54 heavy (non-hydrogen) atoms. The fourth-order valence-electron chi connectivity index (χ4n) is 11.1. The van der Waals surface area contributed by atoms with Gasteiger partial charge in [0.15, 0.2) is 0 Å². The van der Waals surface area contributed by atoms with E-state index < -0.39 is 0 Å². The molecule has 0 radical (unpaired) electrons. The van der Waals surface area contributed by atoms with Gasteiger partial charge in [-0.2, -0.15) is 0 Å². The second kappa shape index (κ2) is 14.5. The zero-order chi connectivity index (χ0) is 37.7. The lowest BCUT2D eigenvalue weighted by molar-refractivity contribution is -0.00612. The van der Waals surface area contributed by atoms with Crippen LogP contribution in [0.15, 0.2) is 91.5 Å². The predicted molar refractivity (Wildman–Crippen MR) is 225 cm³/mol. The molecule has 4 saturated carbocycles. The van der Waals surface area contributed by atoms with Crippen LogP contribution in [0, 0.1) is 51.4 Å². The van der Waals surface area contributed by atoms with Crippen LogP contribution in [-0.4, -0.2) is 15.2 Å². The number of aryl methyl sites for hydroxylation is 5. The molecule has 0 saturated heterocycles. The van der Waals surface area contributed by atoms with Crippen LogP contribution in [0.4, 0.5) is 0 Å². The van der Waals surface area contributed by atoms with Crippen molar-refractivity contribution in [3.8, 4) is 56.3 Å². The molecule has 1 atom stereocenters. The number of phenols is 2. The molecule has 9 rings (SSSR count). The Morgan fingerprint density at radius 2 is 1.19 bits per heavy atom. The third-order valence-corrected chi connectivity index (χ3v) is 13.3. The topological polar surface area (TPSA) is 53.4 Å². The summed E-state index contributed by atoms with van der Waals surface area (Å²) in [5.74, 6) is 3.79. The summed E-state index contributed by atoms with van der Waals surface area (Å²) in [4.78, 5) is 5.39. The third-order valence-electron chi connectivity index (χ3n) is 13.3. The highest BCUT2D eigenvalue weighted by Gasteiger charge is 2.52.